The largest absolute Gasteiger partial charge is 0.396 e. The van der Waals surface area contributed by atoms with Gasteiger partial charge in [0.25, 0.3) is 0 Å². The Bertz CT molecular complexity index is 321. The predicted octanol–water partition coefficient (Wildman–Crippen LogP) is 1.57. The minimum absolute atomic E-state index is 0.119. The first-order valence-corrected chi connectivity index (χ1v) is 4.91. The van der Waals surface area contributed by atoms with Crippen LogP contribution in [0.2, 0.25) is 0 Å². The molecule has 1 fully saturated rings. The number of carbonyl (C=O) groups excluding carboxylic acids is 1. The van der Waals surface area contributed by atoms with E-state index in [0.29, 0.717) is 12.8 Å². The van der Waals surface area contributed by atoms with Crippen LogP contribution in [0.15, 0.2) is 30.3 Å². The molecule has 14 heavy (non-hydrogen) atoms. The van der Waals surface area contributed by atoms with E-state index in [1.54, 1.807) is 0 Å². The lowest BCUT2D eigenvalue weighted by molar-refractivity contribution is -0.135. The molecular formula is C12H14O2. The monoisotopic (exact) mass is 190 g/mol. The summed E-state index contributed by atoms with van der Waals surface area (Å²) in [6.45, 7) is 0.119. The third-order valence-corrected chi connectivity index (χ3v) is 2.90. The highest BCUT2D eigenvalue weighted by atomic mass is 16.3. The summed E-state index contributed by atoms with van der Waals surface area (Å²) in [7, 11) is 0. The molecule has 2 nitrogen and oxygen atoms in total. The second kappa shape index (κ2) is 3.54. The smallest absolute Gasteiger partial charge is 0.134 e. The van der Waals surface area contributed by atoms with Crippen LogP contribution in [0.1, 0.15) is 18.4 Å². The second-order valence-electron chi connectivity index (χ2n) is 4.21. The Balaban J connectivity index is 2.06. The number of carbonyl (C=O) groups is 1. The molecule has 1 aromatic rings. The van der Waals surface area contributed by atoms with Crippen molar-refractivity contribution < 1.29 is 9.90 Å². The van der Waals surface area contributed by atoms with E-state index in [4.69, 9.17) is 0 Å². The molecule has 1 aromatic carbocycles. The van der Waals surface area contributed by atoms with E-state index in [1.165, 1.54) is 5.56 Å². The molecule has 1 N–H and O–H groups in total. The number of rotatable bonds is 3. The molecule has 1 aliphatic carbocycles. The van der Waals surface area contributed by atoms with Gasteiger partial charge in [-0.25, -0.2) is 0 Å². The molecule has 0 aromatic heterocycles. The highest BCUT2D eigenvalue weighted by molar-refractivity contribution is 5.86. The number of benzene rings is 1. The lowest BCUT2D eigenvalue weighted by Crippen LogP contribution is -2.42. The minimum atomic E-state index is -0.154. The molecule has 0 atom stereocenters. The van der Waals surface area contributed by atoms with E-state index in [2.05, 4.69) is 0 Å². The van der Waals surface area contributed by atoms with Crippen LogP contribution in [-0.2, 0) is 11.2 Å². The fourth-order valence-electron chi connectivity index (χ4n) is 2.11. The van der Waals surface area contributed by atoms with Gasteiger partial charge in [-0.05, 0) is 12.0 Å². The van der Waals surface area contributed by atoms with E-state index < -0.39 is 0 Å². The number of hydrogen-bond acceptors (Lipinski definition) is 2. The maximum Gasteiger partial charge on any atom is 0.134 e. The van der Waals surface area contributed by atoms with Gasteiger partial charge in [-0.3, -0.25) is 4.79 Å². The molecule has 0 radical (unpaired) electrons. The Labute approximate surface area is 83.6 Å². The van der Waals surface area contributed by atoms with Gasteiger partial charge in [-0.2, -0.15) is 0 Å². The standard InChI is InChI=1S/C12H14O2/c13-9-12(7-11(14)8-12)6-10-4-2-1-3-5-10/h1-5,13H,6-9H2. The molecule has 0 heterocycles. The van der Waals surface area contributed by atoms with E-state index in [9.17, 15) is 9.90 Å². The van der Waals surface area contributed by atoms with E-state index in [1.807, 2.05) is 30.3 Å². The van der Waals surface area contributed by atoms with Crippen molar-refractivity contribution in [1.29, 1.82) is 0 Å². The molecule has 0 unspecified atom stereocenters. The highest BCUT2D eigenvalue weighted by Crippen LogP contribution is 2.40. The van der Waals surface area contributed by atoms with Crippen LogP contribution in [0.3, 0.4) is 0 Å². The van der Waals surface area contributed by atoms with Crippen LogP contribution < -0.4 is 0 Å². The average Bonchev–Trinajstić information content (AvgIpc) is 2.16. The number of aliphatic hydroxyl groups excluding tert-OH is 1. The summed E-state index contributed by atoms with van der Waals surface area (Å²) in [6.07, 6.45) is 1.90. The summed E-state index contributed by atoms with van der Waals surface area (Å²) in [6, 6.07) is 10.0. The first-order valence-electron chi connectivity index (χ1n) is 4.91. The Morgan fingerprint density at radius 3 is 2.36 bits per heavy atom. The third-order valence-electron chi connectivity index (χ3n) is 2.90. The number of aliphatic hydroxyl groups is 1. The lowest BCUT2D eigenvalue weighted by Gasteiger charge is -2.38. The van der Waals surface area contributed by atoms with Crippen LogP contribution in [0.5, 0.6) is 0 Å². The fraction of sp³-hybridized carbons (Fsp3) is 0.417. The van der Waals surface area contributed by atoms with E-state index in [-0.39, 0.29) is 17.8 Å². The van der Waals surface area contributed by atoms with Crippen molar-refractivity contribution >= 4 is 5.78 Å². The number of Topliss-reactive ketones (excluding diaryl/α,β-unsaturated/α-hetero) is 1. The first kappa shape index (κ1) is 9.41. The summed E-state index contributed by atoms with van der Waals surface area (Å²) < 4.78 is 0. The van der Waals surface area contributed by atoms with Gasteiger partial charge < -0.3 is 5.11 Å². The SMILES string of the molecule is O=C1CC(CO)(Cc2ccccc2)C1. The Morgan fingerprint density at radius 2 is 1.86 bits per heavy atom. The van der Waals surface area contributed by atoms with Gasteiger partial charge in [0.15, 0.2) is 0 Å². The number of ketones is 1. The Hall–Kier alpha value is -1.15. The van der Waals surface area contributed by atoms with Crippen molar-refractivity contribution in [1.82, 2.24) is 0 Å². The molecule has 1 aliphatic rings. The molecule has 0 amide bonds. The summed E-state index contributed by atoms with van der Waals surface area (Å²) in [4.78, 5) is 11.0. The summed E-state index contributed by atoms with van der Waals surface area (Å²) >= 11 is 0. The topological polar surface area (TPSA) is 37.3 Å². The van der Waals surface area contributed by atoms with Gasteiger partial charge in [0, 0.05) is 24.9 Å². The summed E-state index contributed by atoms with van der Waals surface area (Å²) in [5.41, 5.74) is 1.05. The minimum Gasteiger partial charge on any atom is -0.396 e. The zero-order valence-corrected chi connectivity index (χ0v) is 8.07. The summed E-state index contributed by atoms with van der Waals surface area (Å²) in [5.74, 6) is 0.273. The van der Waals surface area contributed by atoms with Crippen molar-refractivity contribution in [2.45, 2.75) is 19.3 Å². The van der Waals surface area contributed by atoms with Gasteiger partial charge in [0.2, 0.25) is 0 Å². The lowest BCUT2D eigenvalue weighted by atomic mass is 9.65. The molecule has 0 aliphatic heterocycles. The second-order valence-corrected chi connectivity index (χ2v) is 4.21. The zero-order valence-electron chi connectivity index (χ0n) is 8.07. The quantitative estimate of drug-likeness (QED) is 0.785. The first-order chi connectivity index (χ1) is 6.74. The Kier molecular flexibility index (Phi) is 2.38. The fourth-order valence-corrected chi connectivity index (χ4v) is 2.11. The van der Waals surface area contributed by atoms with Crippen LogP contribution in [-0.4, -0.2) is 17.5 Å². The molecule has 0 spiro atoms. The normalized spacial score (nSPS) is 19.1. The molecule has 0 bridgehead atoms. The van der Waals surface area contributed by atoms with Crippen LogP contribution >= 0.6 is 0 Å². The maximum atomic E-state index is 11.0. The van der Waals surface area contributed by atoms with Gasteiger partial charge >= 0.3 is 0 Å². The molecule has 2 rings (SSSR count). The predicted molar refractivity (Wildman–Crippen MR) is 53.9 cm³/mol. The van der Waals surface area contributed by atoms with Gasteiger partial charge in [-0.15, -0.1) is 0 Å². The molecular weight excluding hydrogens is 176 g/mol. The van der Waals surface area contributed by atoms with Crippen molar-refractivity contribution in [2.75, 3.05) is 6.61 Å². The van der Waals surface area contributed by atoms with Gasteiger partial charge in [0.05, 0.1) is 0 Å². The highest BCUT2D eigenvalue weighted by Gasteiger charge is 2.42. The third kappa shape index (κ3) is 1.70. The van der Waals surface area contributed by atoms with Crippen LogP contribution in [0.4, 0.5) is 0 Å². The molecule has 74 valence electrons. The van der Waals surface area contributed by atoms with Crippen molar-refractivity contribution in [3.63, 3.8) is 0 Å². The summed E-state index contributed by atoms with van der Waals surface area (Å²) in [5, 5.41) is 9.26. The van der Waals surface area contributed by atoms with Crippen molar-refractivity contribution in [3.8, 4) is 0 Å². The molecule has 1 saturated carbocycles. The number of hydrogen-bond donors (Lipinski definition) is 1. The van der Waals surface area contributed by atoms with E-state index >= 15 is 0 Å². The van der Waals surface area contributed by atoms with E-state index in [0.717, 1.165) is 6.42 Å². The van der Waals surface area contributed by atoms with Crippen LogP contribution in [0.25, 0.3) is 0 Å². The molecule has 0 saturated heterocycles. The van der Waals surface area contributed by atoms with Gasteiger partial charge in [0.1, 0.15) is 5.78 Å². The zero-order chi connectivity index (χ0) is 10.0. The Morgan fingerprint density at radius 1 is 1.21 bits per heavy atom. The average molecular weight is 190 g/mol. The van der Waals surface area contributed by atoms with Crippen LogP contribution in [0, 0.1) is 5.41 Å². The van der Waals surface area contributed by atoms with Crippen molar-refractivity contribution in [2.24, 2.45) is 5.41 Å². The molecule has 2 heteroatoms. The maximum absolute atomic E-state index is 11.0. The van der Waals surface area contributed by atoms with Gasteiger partial charge in [-0.1, -0.05) is 30.3 Å². The van der Waals surface area contributed by atoms with Crippen molar-refractivity contribution in [3.05, 3.63) is 35.9 Å².